The molecule has 2 unspecified atom stereocenters. The summed E-state index contributed by atoms with van der Waals surface area (Å²) >= 11 is 15.4. The van der Waals surface area contributed by atoms with Crippen molar-refractivity contribution in [3.05, 3.63) is 26.7 Å². The normalized spacial score (nSPS) is 24.2. The van der Waals surface area contributed by atoms with Gasteiger partial charge in [0.2, 0.25) is 10.0 Å². The largest absolute Gasteiger partial charge is 0.330 e. The summed E-state index contributed by atoms with van der Waals surface area (Å²) in [7, 11) is -3.71. The number of rotatable bonds is 3. The maximum absolute atomic E-state index is 12.8. The number of piperidine rings is 1. The molecule has 21 heavy (non-hydrogen) atoms. The van der Waals surface area contributed by atoms with E-state index in [2.05, 4.69) is 22.9 Å². The highest BCUT2D eigenvalue weighted by Crippen LogP contribution is 2.36. The summed E-state index contributed by atoms with van der Waals surface area (Å²) in [5, 5.41) is 0.245. The van der Waals surface area contributed by atoms with Gasteiger partial charge >= 0.3 is 0 Å². The zero-order chi connectivity index (χ0) is 15.8. The highest BCUT2D eigenvalue weighted by atomic mass is 79.9. The molecule has 0 saturated carbocycles. The molecule has 8 heteroatoms. The van der Waals surface area contributed by atoms with Crippen molar-refractivity contribution in [2.45, 2.75) is 18.2 Å². The van der Waals surface area contributed by atoms with Crippen molar-refractivity contribution in [3.63, 3.8) is 0 Å². The first kappa shape index (κ1) is 17.5. The third kappa shape index (κ3) is 3.57. The van der Waals surface area contributed by atoms with Gasteiger partial charge in [-0.3, -0.25) is 0 Å². The molecule has 2 rings (SSSR count). The molecule has 1 aliphatic heterocycles. The van der Waals surface area contributed by atoms with Gasteiger partial charge in [0.25, 0.3) is 0 Å². The number of hydrogen-bond acceptors (Lipinski definition) is 3. The molecule has 1 fully saturated rings. The van der Waals surface area contributed by atoms with Crippen LogP contribution in [0, 0.1) is 11.8 Å². The Morgan fingerprint density at radius 2 is 1.95 bits per heavy atom. The van der Waals surface area contributed by atoms with Gasteiger partial charge in [-0.1, -0.05) is 46.1 Å². The van der Waals surface area contributed by atoms with Gasteiger partial charge < -0.3 is 5.73 Å². The highest BCUT2D eigenvalue weighted by molar-refractivity contribution is 9.10. The summed E-state index contributed by atoms with van der Waals surface area (Å²) < 4.78 is 27.7. The van der Waals surface area contributed by atoms with Crippen LogP contribution in [0.1, 0.15) is 13.3 Å². The van der Waals surface area contributed by atoms with Crippen LogP contribution < -0.4 is 5.73 Å². The lowest BCUT2D eigenvalue weighted by Gasteiger charge is -2.35. The van der Waals surface area contributed by atoms with E-state index in [0.29, 0.717) is 30.0 Å². The van der Waals surface area contributed by atoms with E-state index in [4.69, 9.17) is 28.9 Å². The predicted molar refractivity (Wildman–Crippen MR) is 89.2 cm³/mol. The molecule has 1 saturated heterocycles. The maximum atomic E-state index is 12.8. The minimum atomic E-state index is -3.71. The predicted octanol–water partition coefficient (Wildman–Crippen LogP) is 3.36. The Bertz CT molecular complexity index is 616. The molecule has 0 bridgehead atoms. The quantitative estimate of drug-likeness (QED) is 0.822. The third-order valence-corrected chi connectivity index (χ3v) is 7.19. The first-order chi connectivity index (χ1) is 9.77. The number of hydrogen-bond donors (Lipinski definition) is 1. The van der Waals surface area contributed by atoms with E-state index in [1.165, 1.54) is 16.4 Å². The Labute approximate surface area is 143 Å². The molecule has 1 aliphatic rings. The van der Waals surface area contributed by atoms with Crippen LogP contribution in [0.15, 0.2) is 21.5 Å². The van der Waals surface area contributed by atoms with Crippen LogP contribution >= 0.6 is 39.1 Å². The topological polar surface area (TPSA) is 63.4 Å². The van der Waals surface area contributed by atoms with Crippen molar-refractivity contribution in [1.82, 2.24) is 4.31 Å². The van der Waals surface area contributed by atoms with Gasteiger partial charge in [-0.05, 0) is 36.9 Å². The molecular formula is C13H17BrCl2N2O2S. The van der Waals surface area contributed by atoms with Crippen LogP contribution in [-0.4, -0.2) is 32.4 Å². The molecule has 1 heterocycles. The van der Waals surface area contributed by atoms with Crippen molar-refractivity contribution < 1.29 is 8.42 Å². The van der Waals surface area contributed by atoms with E-state index in [9.17, 15) is 8.42 Å². The van der Waals surface area contributed by atoms with Gasteiger partial charge in [0.15, 0.2) is 0 Å². The Hall–Kier alpha value is 0.150. The van der Waals surface area contributed by atoms with E-state index in [-0.39, 0.29) is 20.9 Å². The minimum Gasteiger partial charge on any atom is -0.330 e. The fourth-order valence-corrected chi connectivity index (χ4v) is 5.94. The molecule has 2 N–H and O–H groups in total. The number of halogens is 3. The van der Waals surface area contributed by atoms with Crippen LogP contribution in [0.5, 0.6) is 0 Å². The molecule has 1 aromatic rings. The molecule has 2 atom stereocenters. The van der Waals surface area contributed by atoms with Crippen LogP contribution in [0.2, 0.25) is 10.0 Å². The van der Waals surface area contributed by atoms with E-state index >= 15 is 0 Å². The molecule has 0 amide bonds. The van der Waals surface area contributed by atoms with E-state index in [0.717, 1.165) is 6.42 Å². The lowest BCUT2D eigenvalue weighted by Crippen LogP contribution is -2.45. The van der Waals surface area contributed by atoms with Crippen LogP contribution in [0.25, 0.3) is 0 Å². The molecule has 0 aliphatic carbocycles. The van der Waals surface area contributed by atoms with Crippen molar-refractivity contribution in [2.24, 2.45) is 17.6 Å². The Balaban J connectivity index is 2.39. The van der Waals surface area contributed by atoms with Gasteiger partial charge in [0, 0.05) is 17.6 Å². The van der Waals surface area contributed by atoms with Gasteiger partial charge in [-0.2, -0.15) is 4.31 Å². The molecule has 4 nitrogen and oxygen atoms in total. The van der Waals surface area contributed by atoms with Crippen molar-refractivity contribution in [2.75, 3.05) is 19.6 Å². The summed E-state index contributed by atoms with van der Waals surface area (Å²) in [6, 6.07) is 3.07. The Kier molecular flexibility index (Phi) is 5.60. The second kappa shape index (κ2) is 6.72. The summed E-state index contributed by atoms with van der Waals surface area (Å²) in [5.41, 5.74) is 5.74. The monoisotopic (exact) mass is 414 g/mol. The van der Waals surface area contributed by atoms with E-state index < -0.39 is 10.0 Å². The van der Waals surface area contributed by atoms with Crippen molar-refractivity contribution in [3.8, 4) is 0 Å². The first-order valence-electron chi connectivity index (χ1n) is 6.62. The molecule has 0 aromatic heterocycles. The molecule has 0 spiro atoms. The van der Waals surface area contributed by atoms with Gasteiger partial charge in [0.1, 0.15) is 4.90 Å². The molecule has 118 valence electrons. The fraction of sp³-hybridized carbons (Fsp3) is 0.538. The summed E-state index contributed by atoms with van der Waals surface area (Å²) in [4.78, 5) is -0.0284. The average molecular weight is 416 g/mol. The Morgan fingerprint density at radius 1 is 1.38 bits per heavy atom. The second-order valence-electron chi connectivity index (χ2n) is 5.32. The van der Waals surface area contributed by atoms with E-state index in [1.807, 2.05) is 0 Å². The molecule has 1 aromatic carbocycles. The second-order valence-corrected chi connectivity index (χ2v) is 8.93. The zero-order valence-electron chi connectivity index (χ0n) is 11.5. The number of nitrogens with zero attached hydrogens (tertiary/aromatic N) is 1. The third-order valence-electron chi connectivity index (χ3n) is 3.94. The molecule has 0 radical (unpaired) electrons. The van der Waals surface area contributed by atoms with Crippen LogP contribution in [-0.2, 0) is 10.0 Å². The maximum Gasteiger partial charge on any atom is 0.246 e. The van der Waals surface area contributed by atoms with Gasteiger partial charge in [-0.15, -0.1) is 0 Å². The summed E-state index contributed by atoms with van der Waals surface area (Å²) in [6.45, 7) is 3.43. The standard InChI is InChI=1S/C13H17BrCl2N2O2S/c1-8-2-3-18(7-9(8)6-17)21(19,20)13-11(15)4-10(14)5-12(13)16/h4-5,8-9H,2-3,6-7,17H2,1H3. The van der Waals surface area contributed by atoms with Gasteiger partial charge in [-0.25, -0.2) is 8.42 Å². The van der Waals surface area contributed by atoms with Crippen molar-refractivity contribution in [1.29, 1.82) is 0 Å². The average Bonchev–Trinajstić information content (AvgIpc) is 2.37. The zero-order valence-corrected chi connectivity index (χ0v) is 15.4. The van der Waals surface area contributed by atoms with E-state index in [1.54, 1.807) is 0 Å². The first-order valence-corrected chi connectivity index (χ1v) is 9.61. The number of benzene rings is 1. The van der Waals surface area contributed by atoms with Gasteiger partial charge in [0.05, 0.1) is 10.0 Å². The lowest BCUT2D eigenvalue weighted by atomic mass is 9.88. The lowest BCUT2D eigenvalue weighted by molar-refractivity contribution is 0.203. The summed E-state index contributed by atoms with van der Waals surface area (Å²) in [6.07, 6.45) is 0.785. The van der Waals surface area contributed by atoms with Crippen molar-refractivity contribution >= 4 is 49.2 Å². The fourth-order valence-electron chi connectivity index (χ4n) is 2.55. The number of nitrogens with two attached hydrogens (primary N) is 1. The molecular weight excluding hydrogens is 399 g/mol. The van der Waals surface area contributed by atoms with Crippen LogP contribution in [0.4, 0.5) is 0 Å². The summed E-state index contributed by atoms with van der Waals surface area (Å²) in [5.74, 6) is 0.568. The smallest absolute Gasteiger partial charge is 0.246 e. The minimum absolute atomic E-state index is 0.0284. The highest BCUT2D eigenvalue weighted by Gasteiger charge is 2.35. The van der Waals surface area contributed by atoms with Crippen LogP contribution in [0.3, 0.4) is 0 Å². The SMILES string of the molecule is CC1CCN(S(=O)(=O)c2c(Cl)cc(Br)cc2Cl)CC1CN. The number of sulfonamides is 1. The Morgan fingerprint density at radius 3 is 2.48 bits per heavy atom.